The van der Waals surface area contributed by atoms with Crippen LogP contribution >= 0.6 is 0 Å². The molecule has 0 saturated carbocycles. The number of hydrogen-bond acceptors (Lipinski definition) is 1. The van der Waals surface area contributed by atoms with E-state index in [0.717, 1.165) is 0 Å². The quantitative estimate of drug-likeness (QED) is 0.695. The molecule has 1 nitrogen and oxygen atoms in total. The molecule has 1 aromatic rings. The lowest BCUT2D eigenvalue weighted by Crippen LogP contribution is -2.51. The Morgan fingerprint density at radius 2 is 1.60 bits per heavy atom. The van der Waals surface area contributed by atoms with Crippen LogP contribution in [0.15, 0.2) is 24.3 Å². The molecule has 1 saturated heterocycles. The second kappa shape index (κ2) is 4.51. The van der Waals surface area contributed by atoms with Crippen molar-refractivity contribution in [3.63, 3.8) is 0 Å². The van der Waals surface area contributed by atoms with Crippen molar-refractivity contribution >= 4 is 5.69 Å². The number of para-hydroxylation sites is 1. The van der Waals surface area contributed by atoms with Gasteiger partial charge in [0.25, 0.3) is 0 Å². The van der Waals surface area contributed by atoms with Gasteiger partial charge in [-0.2, -0.15) is 0 Å². The van der Waals surface area contributed by atoms with Crippen LogP contribution in [0.2, 0.25) is 0 Å². The summed E-state index contributed by atoms with van der Waals surface area (Å²) in [5.41, 5.74) is 3.51. The van der Waals surface area contributed by atoms with Gasteiger partial charge in [-0.15, -0.1) is 0 Å². The number of anilines is 1. The van der Waals surface area contributed by atoms with Gasteiger partial charge in [0, 0.05) is 17.3 Å². The van der Waals surface area contributed by atoms with E-state index in [2.05, 4.69) is 84.6 Å². The normalized spacial score (nSPS) is 31.6. The van der Waals surface area contributed by atoms with Crippen LogP contribution < -0.4 is 4.90 Å². The Morgan fingerprint density at radius 1 is 1.05 bits per heavy atom. The molecule has 0 N–H and O–H groups in total. The zero-order valence-electron chi connectivity index (χ0n) is 14.5. The lowest BCUT2D eigenvalue weighted by Gasteiger charge is -2.47. The van der Waals surface area contributed by atoms with Crippen LogP contribution in [0, 0.1) is 17.8 Å². The minimum Gasteiger partial charge on any atom is -0.362 e. The fraction of sp³-hybridized carbons (Fsp3) is 0.684. The monoisotopic (exact) mass is 273 g/mol. The van der Waals surface area contributed by atoms with Crippen LogP contribution in [0.5, 0.6) is 0 Å². The molecule has 0 radical (unpaired) electrons. The first-order valence-electron chi connectivity index (χ1n) is 7.96. The summed E-state index contributed by atoms with van der Waals surface area (Å²) >= 11 is 0. The van der Waals surface area contributed by atoms with Gasteiger partial charge in [0.15, 0.2) is 0 Å². The summed E-state index contributed by atoms with van der Waals surface area (Å²) in [6, 6.07) is 9.36. The topological polar surface area (TPSA) is 3.24 Å². The molecule has 1 aliphatic heterocycles. The minimum atomic E-state index is 0.183. The first-order valence-corrected chi connectivity index (χ1v) is 7.96. The third kappa shape index (κ3) is 1.68. The Hall–Kier alpha value is -0.980. The highest BCUT2D eigenvalue weighted by atomic mass is 15.3. The number of aryl methyl sites for hydroxylation is 1. The highest BCUT2D eigenvalue weighted by Crippen LogP contribution is 2.61. The minimum absolute atomic E-state index is 0.183. The van der Waals surface area contributed by atoms with Crippen molar-refractivity contribution in [3.8, 4) is 0 Å². The second-order valence-corrected chi connectivity index (χ2v) is 7.81. The smallest absolute Gasteiger partial charge is 0.0431 e. The molecule has 0 aliphatic carbocycles. The number of benzene rings is 1. The van der Waals surface area contributed by atoms with Crippen LogP contribution in [-0.4, -0.2) is 11.6 Å². The SMILES string of the molecule is CCC1(C)N(c2ccccc2C)[C@@H](C)C(C)(C)C1(C)C. The maximum atomic E-state index is 2.70. The standard InChI is InChI=1S/C19H31N/c1-9-19(8)18(6,7)17(4,5)15(3)20(19)16-13-11-10-12-14(16)2/h10-13,15H,9H2,1-8H3/t15-,19?/m0/s1. The number of rotatable bonds is 2. The molecule has 0 aromatic heterocycles. The van der Waals surface area contributed by atoms with E-state index in [1.807, 2.05) is 0 Å². The molecule has 0 bridgehead atoms. The summed E-state index contributed by atoms with van der Waals surface area (Å²) in [6.07, 6.45) is 1.17. The molecule has 0 spiro atoms. The van der Waals surface area contributed by atoms with E-state index in [1.165, 1.54) is 17.7 Å². The average molecular weight is 273 g/mol. The lowest BCUT2D eigenvalue weighted by atomic mass is 9.59. The third-order valence-electron chi connectivity index (χ3n) is 6.98. The fourth-order valence-corrected chi connectivity index (χ4v) is 4.19. The Labute approximate surface area is 125 Å². The van der Waals surface area contributed by atoms with Crippen molar-refractivity contribution in [1.29, 1.82) is 0 Å². The molecule has 1 heterocycles. The van der Waals surface area contributed by atoms with E-state index >= 15 is 0 Å². The van der Waals surface area contributed by atoms with Crippen molar-refractivity contribution in [2.45, 2.75) is 73.4 Å². The predicted molar refractivity (Wildman–Crippen MR) is 89.4 cm³/mol. The number of nitrogens with zero attached hydrogens (tertiary/aromatic N) is 1. The summed E-state index contributed by atoms with van der Waals surface area (Å²) in [6.45, 7) is 19.2. The Balaban J connectivity index is 2.66. The van der Waals surface area contributed by atoms with Crippen molar-refractivity contribution in [1.82, 2.24) is 0 Å². The Morgan fingerprint density at radius 3 is 2.10 bits per heavy atom. The molecule has 1 heteroatoms. The van der Waals surface area contributed by atoms with Crippen molar-refractivity contribution in [2.75, 3.05) is 4.90 Å². The zero-order chi connectivity index (χ0) is 15.3. The van der Waals surface area contributed by atoms with Gasteiger partial charge in [-0.1, -0.05) is 52.8 Å². The van der Waals surface area contributed by atoms with E-state index in [4.69, 9.17) is 0 Å². The first-order chi connectivity index (χ1) is 9.11. The maximum Gasteiger partial charge on any atom is 0.0431 e. The van der Waals surface area contributed by atoms with E-state index < -0.39 is 0 Å². The molecule has 1 aliphatic rings. The molecule has 1 fully saturated rings. The van der Waals surface area contributed by atoms with Gasteiger partial charge in [-0.3, -0.25) is 0 Å². The third-order valence-corrected chi connectivity index (χ3v) is 6.98. The molecule has 0 amide bonds. The molecule has 112 valence electrons. The van der Waals surface area contributed by atoms with Crippen LogP contribution in [0.1, 0.15) is 60.5 Å². The molecule has 1 aromatic carbocycles. The summed E-state index contributed by atoms with van der Waals surface area (Å²) in [4.78, 5) is 2.70. The molecule has 20 heavy (non-hydrogen) atoms. The van der Waals surface area contributed by atoms with Crippen LogP contribution in [0.3, 0.4) is 0 Å². The van der Waals surface area contributed by atoms with Gasteiger partial charge in [-0.25, -0.2) is 0 Å². The highest BCUT2D eigenvalue weighted by molar-refractivity contribution is 5.59. The molecular weight excluding hydrogens is 242 g/mol. The van der Waals surface area contributed by atoms with E-state index in [-0.39, 0.29) is 16.4 Å². The zero-order valence-corrected chi connectivity index (χ0v) is 14.5. The maximum absolute atomic E-state index is 2.70. The van der Waals surface area contributed by atoms with Gasteiger partial charge < -0.3 is 4.90 Å². The van der Waals surface area contributed by atoms with E-state index in [1.54, 1.807) is 0 Å². The summed E-state index contributed by atoms with van der Waals surface area (Å²) < 4.78 is 0. The van der Waals surface area contributed by atoms with E-state index in [0.29, 0.717) is 6.04 Å². The summed E-state index contributed by atoms with van der Waals surface area (Å²) in [5.74, 6) is 0. The Kier molecular flexibility index (Phi) is 3.48. The van der Waals surface area contributed by atoms with Gasteiger partial charge in [0.2, 0.25) is 0 Å². The molecule has 2 rings (SSSR count). The van der Waals surface area contributed by atoms with Crippen molar-refractivity contribution in [3.05, 3.63) is 29.8 Å². The largest absolute Gasteiger partial charge is 0.362 e. The molecule has 1 unspecified atom stereocenters. The Bertz CT molecular complexity index is 500. The number of hydrogen-bond donors (Lipinski definition) is 0. The second-order valence-electron chi connectivity index (χ2n) is 7.81. The average Bonchev–Trinajstić information content (AvgIpc) is 2.49. The van der Waals surface area contributed by atoms with E-state index in [9.17, 15) is 0 Å². The van der Waals surface area contributed by atoms with Crippen molar-refractivity contribution < 1.29 is 0 Å². The van der Waals surface area contributed by atoms with Gasteiger partial charge in [0.1, 0.15) is 0 Å². The fourth-order valence-electron chi connectivity index (χ4n) is 4.19. The predicted octanol–water partition coefficient (Wildman–Crippen LogP) is 5.42. The van der Waals surface area contributed by atoms with Crippen LogP contribution in [0.4, 0.5) is 5.69 Å². The van der Waals surface area contributed by atoms with Crippen LogP contribution in [-0.2, 0) is 0 Å². The van der Waals surface area contributed by atoms with Gasteiger partial charge in [0.05, 0.1) is 0 Å². The lowest BCUT2D eigenvalue weighted by molar-refractivity contribution is 0.0837. The van der Waals surface area contributed by atoms with Gasteiger partial charge in [-0.05, 0) is 49.7 Å². The van der Waals surface area contributed by atoms with Crippen molar-refractivity contribution in [2.24, 2.45) is 10.8 Å². The summed E-state index contributed by atoms with van der Waals surface area (Å²) in [7, 11) is 0. The van der Waals surface area contributed by atoms with Gasteiger partial charge >= 0.3 is 0 Å². The molecular formula is C19H31N. The molecule has 2 atom stereocenters. The van der Waals surface area contributed by atoms with Crippen LogP contribution in [0.25, 0.3) is 0 Å². The summed E-state index contributed by atoms with van der Waals surface area (Å²) in [5, 5.41) is 0. The first kappa shape index (κ1) is 15.4. The highest BCUT2D eigenvalue weighted by Gasteiger charge is 2.63.